The molecule has 0 aromatic heterocycles. The summed E-state index contributed by atoms with van der Waals surface area (Å²) in [6, 6.07) is 0. The Balaban J connectivity index is 3.33. The van der Waals surface area contributed by atoms with E-state index in [-0.39, 0.29) is 19.1 Å². The zero-order valence-corrected chi connectivity index (χ0v) is 19.3. The largest absolute Gasteiger partial charge is 0.633 e. The van der Waals surface area contributed by atoms with Crippen molar-refractivity contribution in [1.82, 2.24) is 5.32 Å². The van der Waals surface area contributed by atoms with Gasteiger partial charge in [-0.1, -0.05) is 70.4 Å². The summed E-state index contributed by atoms with van der Waals surface area (Å²) >= 11 is 0. The van der Waals surface area contributed by atoms with E-state index in [4.69, 9.17) is 5.11 Å². The fraction of sp³-hybridized carbons (Fsp3) is 0.875. The second kappa shape index (κ2) is 20.4. The van der Waals surface area contributed by atoms with Crippen LogP contribution in [0.2, 0.25) is 0 Å². The fourth-order valence-corrected chi connectivity index (χ4v) is 3.41. The van der Waals surface area contributed by atoms with Crippen molar-refractivity contribution in [1.29, 1.82) is 0 Å². The van der Waals surface area contributed by atoms with Crippen molar-refractivity contribution in [3.63, 3.8) is 0 Å². The highest BCUT2D eigenvalue weighted by Crippen LogP contribution is 2.10. The maximum absolute atomic E-state index is 11.8. The van der Waals surface area contributed by atoms with Crippen LogP contribution in [0, 0.1) is 5.21 Å². The molecular weight excluding hydrogens is 364 g/mol. The first kappa shape index (κ1) is 28.1. The number of unbranched alkanes of at least 4 members (excludes halogenated alkanes) is 11. The number of quaternary nitrogens is 1. The lowest BCUT2D eigenvalue weighted by Crippen LogP contribution is -2.42. The van der Waals surface area contributed by atoms with Gasteiger partial charge in [-0.15, -0.1) is 0 Å². The van der Waals surface area contributed by atoms with Crippen molar-refractivity contribution in [3.8, 4) is 0 Å². The van der Waals surface area contributed by atoms with Crippen molar-refractivity contribution in [3.05, 3.63) is 17.4 Å². The van der Waals surface area contributed by atoms with Gasteiger partial charge in [0.1, 0.15) is 6.54 Å². The predicted molar refractivity (Wildman–Crippen MR) is 123 cm³/mol. The van der Waals surface area contributed by atoms with Gasteiger partial charge < -0.3 is 20.3 Å². The van der Waals surface area contributed by atoms with Gasteiger partial charge in [0.2, 0.25) is 5.91 Å². The second-order valence-corrected chi connectivity index (χ2v) is 8.51. The Morgan fingerprint density at radius 1 is 0.862 bits per heavy atom. The first-order chi connectivity index (χ1) is 14.0. The van der Waals surface area contributed by atoms with E-state index < -0.39 is 4.65 Å². The number of hydroxylamine groups is 3. The normalized spacial score (nSPS) is 13.7. The van der Waals surface area contributed by atoms with Gasteiger partial charge in [-0.05, 0) is 32.1 Å². The monoisotopic (exact) mass is 412 g/mol. The fourth-order valence-electron chi connectivity index (χ4n) is 3.41. The highest BCUT2D eigenvalue weighted by atomic mass is 16.5. The average molecular weight is 413 g/mol. The molecule has 0 saturated carbocycles. The van der Waals surface area contributed by atoms with Gasteiger partial charge >= 0.3 is 0 Å². The lowest BCUT2D eigenvalue weighted by Gasteiger charge is -2.38. The number of hydrogen-bond acceptors (Lipinski definition) is 3. The molecule has 0 aromatic carbocycles. The molecule has 0 saturated heterocycles. The Morgan fingerprint density at radius 2 is 1.41 bits per heavy atom. The molecule has 0 spiro atoms. The molecule has 0 aromatic rings. The molecule has 0 heterocycles. The second-order valence-electron chi connectivity index (χ2n) is 8.51. The Labute approximate surface area is 180 Å². The Kier molecular flexibility index (Phi) is 19.7. The minimum absolute atomic E-state index is 0.0879. The van der Waals surface area contributed by atoms with Crippen molar-refractivity contribution in [2.75, 3.05) is 33.3 Å². The molecule has 0 aliphatic carbocycles. The van der Waals surface area contributed by atoms with E-state index in [2.05, 4.69) is 24.4 Å². The Morgan fingerprint density at radius 3 is 2.00 bits per heavy atom. The van der Waals surface area contributed by atoms with E-state index in [1.165, 1.54) is 70.6 Å². The van der Waals surface area contributed by atoms with Crippen LogP contribution in [-0.4, -0.2) is 48.9 Å². The number of nitrogens with zero attached hydrogens (tertiary/aromatic N) is 1. The number of likely N-dealkylation sites (N-methyl/N-ethyl adjacent to an activating group) is 1. The number of aliphatic hydroxyl groups excluding tert-OH is 1. The number of amides is 1. The predicted octanol–water partition coefficient (Wildman–Crippen LogP) is 5.47. The molecule has 172 valence electrons. The lowest BCUT2D eigenvalue weighted by atomic mass is 10.1. The van der Waals surface area contributed by atoms with Crippen molar-refractivity contribution in [2.24, 2.45) is 0 Å². The van der Waals surface area contributed by atoms with Crippen LogP contribution in [0.3, 0.4) is 0 Å². The third-order valence-electron chi connectivity index (χ3n) is 5.37. The van der Waals surface area contributed by atoms with E-state index >= 15 is 0 Å². The van der Waals surface area contributed by atoms with Gasteiger partial charge in [-0.25, -0.2) is 0 Å². The van der Waals surface area contributed by atoms with Crippen LogP contribution >= 0.6 is 0 Å². The molecule has 0 aliphatic rings. The summed E-state index contributed by atoms with van der Waals surface area (Å²) in [7, 11) is 1.56. The van der Waals surface area contributed by atoms with Gasteiger partial charge in [-0.3, -0.25) is 4.79 Å². The van der Waals surface area contributed by atoms with Crippen molar-refractivity contribution < 1.29 is 14.5 Å². The first-order valence-electron chi connectivity index (χ1n) is 12.1. The number of hydrogen-bond donors (Lipinski definition) is 2. The lowest BCUT2D eigenvalue weighted by molar-refractivity contribution is -0.861. The Hall–Kier alpha value is -0.910. The topological polar surface area (TPSA) is 72.4 Å². The van der Waals surface area contributed by atoms with E-state index in [0.29, 0.717) is 25.9 Å². The van der Waals surface area contributed by atoms with Crippen LogP contribution in [0.1, 0.15) is 103 Å². The zero-order valence-electron chi connectivity index (χ0n) is 19.3. The van der Waals surface area contributed by atoms with Crippen LogP contribution in [0.25, 0.3) is 0 Å². The number of carbonyl (C=O) groups is 1. The summed E-state index contributed by atoms with van der Waals surface area (Å²) in [6.45, 7) is 3.35. The standard InChI is InChI=1S/C24H48N2O3/c1-3-4-5-6-7-8-9-10-11-12-13-14-15-16-17-19-24(28)25-20-18-21-26(2,29)22-23-27/h10-11,27H,3-9,12-23H2,1-2H3,(H,25,28)/b11-10+/t26-/m1/s1. The van der Waals surface area contributed by atoms with Gasteiger partial charge in [0, 0.05) is 19.4 Å². The summed E-state index contributed by atoms with van der Waals surface area (Å²) < 4.78 is -0.444. The summed E-state index contributed by atoms with van der Waals surface area (Å²) in [6.07, 6.45) is 22.3. The SMILES string of the molecule is CCCCCCCC/C=C/CCCCCCCC(=O)NCCC[N@@+](C)([O-])CCO. The zero-order chi connectivity index (χ0) is 21.6. The van der Waals surface area contributed by atoms with Gasteiger partial charge in [0.15, 0.2) is 0 Å². The van der Waals surface area contributed by atoms with Crippen LogP contribution in [0.5, 0.6) is 0 Å². The molecule has 29 heavy (non-hydrogen) atoms. The smallest absolute Gasteiger partial charge is 0.219 e. The van der Waals surface area contributed by atoms with E-state index in [1.54, 1.807) is 7.05 Å². The third kappa shape index (κ3) is 21.6. The maximum atomic E-state index is 11.8. The summed E-state index contributed by atoms with van der Waals surface area (Å²) in [5.74, 6) is 0.0879. The van der Waals surface area contributed by atoms with Gasteiger partial charge in [0.25, 0.3) is 0 Å². The summed E-state index contributed by atoms with van der Waals surface area (Å²) in [5, 5.41) is 23.5. The van der Waals surface area contributed by atoms with Crippen molar-refractivity contribution >= 4 is 5.91 Å². The molecule has 1 amide bonds. The van der Waals surface area contributed by atoms with Crippen LogP contribution < -0.4 is 5.32 Å². The van der Waals surface area contributed by atoms with Gasteiger partial charge in [-0.2, -0.15) is 0 Å². The molecule has 1 atom stereocenters. The van der Waals surface area contributed by atoms with E-state index in [1.807, 2.05) is 0 Å². The Bertz CT molecular complexity index is 398. The highest BCUT2D eigenvalue weighted by molar-refractivity contribution is 5.75. The number of carbonyl (C=O) groups excluding carboxylic acids is 1. The molecule has 0 aliphatic heterocycles. The molecule has 0 fully saturated rings. The van der Waals surface area contributed by atoms with E-state index in [0.717, 1.165) is 12.8 Å². The summed E-state index contributed by atoms with van der Waals surface area (Å²) in [5.41, 5.74) is 0. The minimum Gasteiger partial charge on any atom is -0.633 e. The highest BCUT2D eigenvalue weighted by Gasteiger charge is 2.08. The summed E-state index contributed by atoms with van der Waals surface area (Å²) in [4.78, 5) is 11.8. The third-order valence-corrected chi connectivity index (χ3v) is 5.37. The molecule has 0 bridgehead atoms. The van der Waals surface area contributed by atoms with Gasteiger partial charge in [0.05, 0.1) is 20.2 Å². The average Bonchev–Trinajstić information content (AvgIpc) is 2.68. The molecule has 0 unspecified atom stereocenters. The molecule has 2 N–H and O–H groups in total. The first-order valence-corrected chi connectivity index (χ1v) is 12.1. The molecule has 5 heteroatoms. The number of nitrogens with one attached hydrogen (secondary N) is 1. The number of allylic oxidation sites excluding steroid dienone is 2. The number of rotatable bonds is 21. The quantitative estimate of drug-likeness (QED) is 0.114. The van der Waals surface area contributed by atoms with Crippen LogP contribution in [-0.2, 0) is 4.79 Å². The molecular formula is C24H48N2O3. The van der Waals surface area contributed by atoms with Crippen LogP contribution in [0.15, 0.2) is 12.2 Å². The van der Waals surface area contributed by atoms with Crippen LogP contribution in [0.4, 0.5) is 0 Å². The molecule has 0 rings (SSSR count). The minimum atomic E-state index is -0.444. The number of aliphatic hydroxyl groups is 1. The van der Waals surface area contributed by atoms with E-state index in [9.17, 15) is 10.0 Å². The molecule has 0 radical (unpaired) electrons. The molecule has 5 nitrogen and oxygen atoms in total. The van der Waals surface area contributed by atoms with Crippen molar-refractivity contribution in [2.45, 2.75) is 103 Å². The maximum Gasteiger partial charge on any atom is 0.219 e.